The average molecular weight is 369 g/mol. The summed E-state index contributed by atoms with van der Waals surface area (Å²) >= 11 is 11.4. The molecule has 0 bridgehead atoms. The van der Waals surface area contributed by atoms with Gasteiger partial charge in [-0.15, -0.1) is 0 Å². The molecule has 7 heteroatoms. The van der Waals surface area contributed by atoms with E-state index < -0.39 is 17.3 Å². The fourth-order valence-corrected chi connectivity index (χ4v) is 3.60. The van der Waals surface area contributed by atoms with Crippen LogP contribution in [0.3, 0.4) is 0 Å². The lowest BCUT2D eigenvalue weighted by Crippen LogP contribution is -2.13. The van der Waals surface area contributed by atoms with E-state index in [0.29, 0.717) is 32.4 Å². The van der Waals surface area contributed by atoms with Crippen LogP contribution in [0.4, 0.5) is 0 Å². The summed E-state index contributed by atoms with van der Waals surface area (Å²) in [6, 6.07) is 8.99. The Hall–Kier alpha value is -1.24. The molecule has 0 amide bonds. The Kier molecular flexibility index (Phi) is 4.85. The molecule has 0 spiro atoms. The molecule has 0 saturated heterocycles. The fraction of sp³-hybridized carbons (Fsp3) is 0.188. The molecule has 2 unspecified atom stereocenters. The molecule has 3 aromatic rings. The van der Waals surface area contributed by atoms with Crippen molar-refractivity contribution in [1.82, 2.24) is 9.97 Å². The normalized spacial score (nSPS) is 14.1. The van der Waals surface area contributed by atoms with E-state index in [2.05, 4.69) is 9.97 Å². The van der Waals surface area contributed by atoms with E-state index in [1.54, 1.807) is 24.6 Å². The topological polar surface area (TPSA) is 72.0 Å². The van der Waals surface area contributed by atoms with E-state index in [1.807, 2.05) is 18.2 Å². The molecule has 120 valence electrons. The van der Waals surface area contributed by atoms with E-state index in [9.17, 15) is 9.66 Å². The number of rotatable bonds is 4. The molecule has 23 heavy (non-hydrogen) atoms. The second kappa shape index (κ2) is 6.71. The first-order chi connectivity index (χ1) is 11.0. The second-order valence-electron chi connectivity index (χ2n) is 5.17. The predicted molar refractivity (Wildman–Crippen MR) is 95.4 cm³/mol. The molecule has 0 aliphatic heterocycles. The Morgan fingerprint density at radius 1 is 1.30 bits per heavy atom. The minimum Gasteiger partial charge on any atom is -0.616 e. The van der Waals surface area contributed by atoms with Gasteiger partial charge in [-0.1, -0.05) is 40.4 Å². The molecule has 4 nitrogen and oxygen atoms in total. The van der Waals surface area contributed by atoms with Gasteiger partial charge < -0.3 is 14.6 Å². The van der Waals surface area contributed by atoms with Gasteiger partial charge in [0.2, 0.25) is 0 Å². The number of fused-ring (bicyclic) bond motifs is 1. The Bertz CT molecular complexity index is 837. The highest BCUT2D eigenvalue weighted by molar-refractivity contribution is 7.90. The van der Waals surface area contributed by atoms with E-state index in [4.69, 9.17) is 23.2 Å². The minimum atomic E-state index is -1.14. The average Bonchev–Trinajstić information content (AvgIpc) is 2.91. The maximum absolute atomic E-state index is 11.5. The highest BCUT2D eigenvalue weighted by Gasteiger charge is 2.24. The van der Waals surface area contributed by atoms with Crippen molar-refractivity contribution in [2.24, 2.45) is 0 Å². The van der Waals surface area contributed by atoms with Crippen molar-refractivity contribution in [2.75, 3.05) is 12.0 Å². The third kappa shape index (κ3) is 3.20. The van der Waals surface area contributed by atoms with Gasteiger partial charge in [0, 0.05) is 22.7 Å². The number of nitrogens with zero attached hydrogens (tertiary/aromatic N) is 1. The number of aromatic nitrogens is 2. The number of H-pyrrole nitrogens is 1. The standard InChI is InChI=1S/C16H14Cl2N2O2S/c1-23(22)8-12(21)16-14(10-4-2-3-7-19-10)13-11(20-16)6-5-9(17)15(13)18/h2-7,12,20-21H,8H2,1H3. The van der Waals surface area contributed by atoms with Gasteiger partial charge in [-0.3, -0.25) is 4.98 Å². The van der Waals surface area contributed by atoms with Gasteiger partial charge in [-0.2, -0.15) is 0 Å². The number of hydrogen-bond donors (Lipinski definition) is 2. The van der Waals surface area contributed by atoms with Crippen LogP contribution < -0.4 is 0 Å². The molecular formula is C16H14Cl2N2O2S. The van der Waals surface area contributed by atoms with Gasteiger partial charge in [-0.25, -0.2) is 0 Å². The number of benzene rings is 1. The highest BCUT2D eigenvalue weighted by Crippen LogP contribution is 2.41. The van der Waals surface area contributed by atoms with Gasteiger partial charge in [0.1, 0.15) is 11.9 Å². The first-order valence-electron chi connectivity index (χ1n) is 6.88. The largest absolute Gasteiger partial charge is 0.616 e. The predicted octanol–water partition coefficient (Wildman–Crippen LogP) is 3.95. The lowest BCUT2D eigenvalue weighted by atomic mass is 10.0. The van der Waals surface area contributed by atoms with Crippen LogP contribution in [0, 0.1) is 0 Å². The summed E-state index contributed by atoms with van der Waals surface area (Å²) in [5.74, 6) is 0.123. The summed E-state index contributed by atoms with van der Waals surface area (Å²) in [6.07, 6.45) is 2.30. The minimum absolute atomic E-state index is 0.123. The first kappa shape index (κ1) is 16.6. The Balaban J connectivity index is 2.29. The summed E-state index contributed by atoms with van der Waals surface area (Å²) in [4.78, 5) is 7.52. The Labute approximate surface area is 146 Å². The van der Waals surface area contributed by atoms with Crippen molar-refractivity contribution < 1.29 is 9.66 Å². The first-order valence-corrected chi connectivity index (χ1v) is 9.36. The quantitative estimate of drug-likeness (QED) is 0.684. The summed E-state index contributed by atoms with van der Waals surface area (Å²) in [7, 11) is 0. The number of aliphatic hydroxyl groups is 1. The van der Waals surface area contributed by atoms with E-state index in [1.165, 1.54) is 0 Å². The molecular weight excluding hydrogens is 355 g/mol. The molecule has 3 rings (SSSR count). The number of nitrogens with one attached hydrogen (secondary N) is 1. The third-order valence-electron chi connectivity index (χ3n) is 3.53. The molecule has 0 radical (unpaired) electrons. The zero-order valence-corrected chi connectivity index (χ0v) is 14.5. The summed E-state index contributed by atoms with van der Waals surface area (Å²) in [6.45, 7) is 0. The van der Waals surface area contributed by atoms with Gasteiger partial charge in [-0.05, 0) is 24.3 Å². The molecule has 0 fully saturated rings. The van der Waals surface area contributed by atoms with Crippen molar-refractivity contribution in [3.05, 3.63) is 52.3 Å². The maximum atomic E-state index is 11.5. The number of pyridine rings is 1. The van der Waals surface area contributed by atoms with Crippen LogP contribution in [0.15, 0.2) is 36.5 Å². The molecule has 2 atom stereocenters. The molecule has 1 aromatic carbocycles. The molecule has 0 aliphatic carbocycles. The number of halogens is 2. The van der Waals surface area contributed by atoms with Crippen LogP contribution in [-0.4, -0.2) is 31.6 Å². The van der Waals surface area contributed by atoms with Gasteiger partial charge in [0.05, 0.1) is 27.7 Å². The van der Waals surface area contributed by atoms with Crippen LogP contribution in [0.5, 0.6) is 0 Å². The highest BCUT2D eigenvalue weighted by atomic mass is 35.5. The van der Waals surface area contributed by atoms with Crippen LogP contribution in [0.1, 0.15) is 11.8 Å². The van der Waals surface area contributed by atoms with E-state index in [-0.39, 0.29) is 5.75 Å². The van der Waals surface area contributed by atoms with Gasteiger partial charge >= 0.3 is 0 Å². The fourth-order valence-electron chi connectivity index (χ4n) is 2.57. The van der Waals surface area contributed by atoms with Crippen molar-refractivity contribution >= 4 is 45.3 Å². The van der Waals surface area contributed by atoms with Crippen molar-refractivity contribution in [1.29, 1.82) is 0 Å². The zero-order chi connectivity index (χ0) is 16.6. The third-order valence-corrected chi connectivity index (χ3v) is 5.12. The van der Waals surface area contributed by atoms with E-state index in [0.717, 1.165) is 5.52 Å². The molecule has 2 aromatic heterocycles. The zero-order valence-electron chi connectivity index (χ0n) is 12.2. The lowest BCUT2D eigenvalue weighted by Gasteiger charge is -2.13. The second-order valence-corrected chi connectivity index (χ2v) is 7.43. The van der Waals surface area contributed by atoms with Crippen LogP contribution in [0.2, 0.25) is 10.0 Å². The number of aromatic amines is 1. The van der Waals surface area contributed by atoms with Gasteiger partial charge in [0.25, 0.3) is 0 Å². The van der Waals surface area contributed by atoms with E-state index >= 15 is 0 Å². The maximum Gasteiger partial charge on any atom is 0.139 e. The summed E-state index contributed by atoms with van der Waals surface area (Å²) in [5.41, 5.74) is 2.64. The van der Waals surface area contributed by atoms with Crippen molar-refractivity contribution in [3.63, 3.8) is 0 Å². The van der Waals surface area contributed by atoms with Crippen LogP contribution >= 0.6 is 23.2 Å². The summed E-state index contributed by atoms with van der Waals surface area (Å²) in [5, 5.41) is 12.0. The van der Waals surface area contributed by atoms with Crippen molar-refractivity contribution in [2.45, 2.75) is 6.10 Å². The lowest BCUT2D eigenvalue weighted by molar-refractivity contribution is 0.198. The van der Waals surface area contributed by atoms with Crippen LogP contribution in [0.25, 0.3) is 22.2 Å². The smallest absolute Gasteiger partial charge is 0.139 e. The number of hydrogen-bond acceptors (Lipinski definition) is 3. The monoisotopic (exact) mass is 368 g/mol. The Morgan fingerprint density at radius 2 is 2.09 bits per heavy atom. The van der Waals surface area contributed by atoms with Gasteiger partial charge in [0.15, 0.2) is 0 Å². The number of aliphatic hydroxyl groups excluding tert-OH is 1. The SMILES string of the molecule is C[S+]([O-])CC(O)c1[nH]c2ccc(Cl)c(Cl)c2c1-c1ccccn1. The van der Waals surface area contributed by atoms with Crippen LogP contribution in [-0.2, 0) is 11.2 Å². The molecule has 2 N–H and O–H groups in total. The van der Waals surface area contributed by atoms with Crippen molar-refractivity contribution in [3.8, 4) is 11.3 Å². The molecule has 2 heterocycles. The molecule has 0 saturated carbocycles. The summed E-state index contributed by atoms with van der Waals surface area (Å²) < 4.78 is 11.5. The molecule has 0 aliphatic rings. The Morgan fingerprint density at radius 3 is 2.74 bits per heavy atom.